The van der Waals surface area contributed by atoms with Crippen molar-refractivity contribution < 1.29 is 23.8 Å². The molecule has 1 aliphatic rings. The molecule has 1 heterocycles. The number of rotatable bonds is 8. The van der Waals surface area contributed by atoms with E-state index in [1.807, 2.05) is 6.07 Å². The van der Waals surface area contributed by atoms with Crippen molar-refractivity contribution in [3.8, 4) is 11.5 Å². The molecule has 0 aromatic heterocycles. The van der Waals surface area contributed by atoms with Gasteiger partial charge in [0.2, 0.25) is 0 Å². The van der Waals surface area contributed by atoms with E-state index in [-0.39, 0.29) is 17.4 Å². The van der Waals surface area contributed by atoms with Crippen LogP contribution in [0, 0.1) is 0 Å². The Morgan fingerprint density at radius 3 is 2.43 bits per heavy atom. The quantitative estimate of drug-likeness (QED) is 0.688. The van der Waals surface area contributed by atoms with Gasteiger partial charge in [-0.25, -0.2) is 0 Å². The third kappa shape index (κ3) is 5.49. The smallest absolute Gasteiger partial charge is 0.257 e. The van der Waals surface area contributed by atoms with Crippen LogP contribution in [-0.2, 0) is 4.74 Å². The first-order chi connectivity index (χ1) is 14.6. The highest BCUT2D eigenvalue weighted by molar-refractivity contribution is 6.10. The number of benzene rings is 2. The summed E-state index contributed by atoms with van der Waals surface area (Å²) < 4.78 is 16.1. The van der Waals surface area contributed by atoms with Crippen molar-refractivity contribution in [1.82, 2.24) is 10.2 Å². The van der Waals surface area contributed by atoms with Crippen LogP contribution in [0.4, 0.5) is 5.69 Å². The molecule has 3 rings (SSSR count). The van der Waals surface area contributed by atoms with Crippen LogP contribution in [0.5, 0.6) is 11.5 Å². The second-order valence-corrected chi connectivity index (χ2v) is 6.78. The third-order valence-electron chi connectivity index (χ3n) is 4.86. The molecule has 0 aliphatic carbocycles. The second kappa shape index (κ2) is 10.6. The van der Waals surface area contributed by atoms with E-state index < -0.39 is 0 Å². The fraction of sp³-hybridized carbons (Fsp3) is 0.364. The molecule has 8 heteroatoms. The van der Waals surface area contributed by atoms with Crippen LogP contribution in [-0.4, -0.2) is 70.3 Å². The summed E-state index contributed by atoms with van der Waals surface area (Å²) in [6.07, 6.45) is 0. The Morgan fingerprint density at radius 1 is 1.03 bits per heavy atom. The van der Waals surface area contributed by atoms with Crippen LogP contribution in [0.1, 0.15) is 20.7 Å². The Hall–Kier alpha value is -3.10. The topological polar surface area (TPSA) is 89.1 Å². The van der Waals surface area contributed by atoms with Gasteiger partial charge in [0.15, 0.2) is 0 Å². The summed E-state index contributed by atoms with van der Waals surface area (Å²) in [5, 5.41) is 5.73. The minimum absolute atomic E-state index is 0.254. The molecule has 0 unspecified atom stereocenters. The van der Waals surface area contributed by atoms with Gasteiger partial charge in [0.1, 0.15) is 17.1 Å². The van der Waals surface area contributed by atoms with E-state index in [2.05, 4.69) is 15.5 Å². The Labute approximate surface area is 176 Å². The molecule has 2 N–H and O–H groups in total. The van der Waals surface area contributed by atoms with Crippen LogP contribution in [0.15, 0.2) is 42.5 Å². The molecular weight excluding hydrogens is 386 g/mol. The molecule has 1 aliphatic heterocycles. The van der Waals surface area contributed by atoms with Crippen molar-refractivity contribution in [2.75, 3.05) is 58.9 Å². The normalized spacial score (nSPS) is 14.1. The Kier molecular flexibility index (Phi) is 7.64. The minimum Gasteiger partial charge on any atom is -0.497 e. The zero-order chi connectivity index (χ0) is 21.3. The number of ether oxygens (including phenoxy) is 3. The van der Waals surface area contributed by atoms with Gasteiger partial charge in [-0.1, -0.05) is 18.2 Å². The monoisotopic (exact) mass is 413 g/mol. The van der Waals surface area contributed by atoms with E-state index in [9.17, 15) is 9.59 Å². The summed E-state index contributed by atoms with van der Waals surface area (Å²) in [6.45, 7) is 4.30. The van der Waals surface area contributed by atoms with Crippen LogP contribution in [0.25, 0.3) is 0 Å². The number of morpholine rings is 1. The fourth-order valence-electron chi connectivity index (χ4n) is 3.23. The van der Waals surface area contributed by atoms with Crippen molar-refractivity contribution in [1.29, 1.82) is 0 Å². The van der Waals surface area contributed by atoms with Gasteiger partial charge in [-0.15, -0.1) is 0 Å². The van der Waals surface area contributed by atoms with E-state index in [0.29, 0.717) is 42.5 Å². The molecule has 1 saturated heterocycles. The highest BCUT2D eigenvalue weighted by Crippen LogP contribution is 2.32. The third-order valence-corrected chi connectivity index (χ3v) is 4.86. The van der Waals surface area contributed by atoms with E-state index >= 15 is 0 Å². The molecule has 1 fully saturated rings. The summed E-state index contributed by atoms with van der Waals surface area (Å²) in [5.74, 6) is 0.140. The first kappa shape index (κ1) is 21.6. The maximum absolute atomic E-state index is 13.0. The maximum atomic E-state index is 13.0. The number of nitrogens with zero attached hydrogens (tertiary/aromatic N) is 1. The lowest BCUT2D eigenvalue weighted by Crippen LogP contribution is -2.41. The number of hydrogen-bond donors (Lipinski definition) is 2. The number of hydrogen-bond acceptors (Lipinski definition) is 6. The number of anilines is 1. The van der Waals surface area contributed by atoms with Crippen LogP contribution in [0.2, 0.25) is 0 Å². The Bertz CT molecular complexity index is 867. The lowest BCUT2D eigenvalue weighted by molar-refractivity contribution is 0.0383. The van der Waals surface area contributed by atoms with Gasteiger partial charge in [-0.05, 0) is 12.1 Å². The highest BCUT2D eigenvalue weighted by Gasteiger charge is 2.21. The first-order valence-electron chi connectivity index (χ1n) is 9.83. The molecule has 2 amide bonds. The molecule has 0 radical (unpaired) electrons. The Morgan fingerprint density at radius 2 is 1.77 bits per heavy atom. The summed E-state index contributed by atoms with van der Waals surface area (Å²) in [5.41, 5.74) is 1.06. The van der Waals surface area contributed by atoms with Gasteiger partial charge in [-0.3, -0.25) is 14.5 Å². The van der Waals surface area contributed by atoms with E-state index in [1.165, 1.54) is 14.2 Å². The van der Waals surface area contributed by atoms with Crippen molar-refractivity contribution in [3.05, 3.63) is 53.6 Å². The SMILES string of the molecule is COc1cc(NC(=O)c2ccccc2)c(C(=O)NCCN2CCOCC2)c(OC)c1. The highest BCUT2D eigenvalue weighted by atomic mass is 16.5. The number of carbonyl (C=O) groups is 2. The lowest BCUT2D eigenvalue weighted by Gasteiger charge is -2.26. The van der Waals surface area contributed by atoms with E-state index in [1.54, 1.807) is 36.4 Å². The standard InChI is InChI=1S/C22H27N3O5/c1-28-17-14-18(24-21(26)16-6-4-3-5-7-16)20(19(15-17)29-2)22(27)23-8-9-25-10-12-30-13-11-25/h3-7,14-15H,8-13H2,1-2H3,(H,23,27)(H,24,26). The molecule has 0 bridgehead atoms. The zero-order valence-electron chi connectivity index (χ0n) is 17.3. The maximum Gasteiger partial charge on any atom is 0.257 e. The van der Waals surface area contributed by atoms with Crippen molar-refractivity contribution >= 4 is 17.5 Å². The van der Waals surface area contributed by atoms with Gasteiger partial charge in [0.05, 0.1) is 33.1 Å². The molecule has 2 aromatic rings. The predicted octanol–water partition coefficient (Wildman–Crippen LogP) is 2.02. The zero-order valence-corrected chi connectivity index (χ0v) is 17.3. The van der Waals surface area contributed by atoms with Gasteiger partial charge < -0.3 is 24.8 Å². The number of carbonyl (C=O) groups excluding carboxylic acids is 2. The number of amides is 2. The molecule has 0 spiro atoms. The summed E-state index contributed by atoms with van der Waals surface area (Å²) in [6, 6.07) is 12.0. The van der Waals surface area contributed by atoms with Crippen molar-refractivity contribution in [2.24, 2.45) is 0 Å². The second-order valence-electron chi connectivity index (χ2n) is 6.78. The Balaban J connectivity index is 1.78. The van der Waals surface area contributed by atoms with E-state index in [4.69, 9.17) is 14.2 Å². The number of nitrogens with one attached hydrogen (secondary N) is 2. The van der Waals surface area contributed by atoms with E-state index in [0.717, 1.165) is 19.6 Å². The summed E-state index contributed by atoms with van der Waals surface area (Å²) >= 11 is 0. The molecular formula is C22H27N3O5. The van der Waals surface area contributed by atoms with Crippen molar-refractivity contribution in [2.45, 2.75) is 0 Å². The summed E-state index contributed by atoms with van der Waals surface area (Å²) in [4.78, 5) is 27.9. The lowest BCUT2D eigenvalue weighted by atomic mass is 10.1. The van der Waals surface area contributed by atoms with Gasteiger partial charge in [-0.2, -0.15) is 0 Å². The molecule has 160 valence electrons. The van der Waals surface area contributed by atoms with Crippen LogP contribution in [0.3, 0.4) is 0 Å². The molecule has 0 atom stereocenters. The summed E-state index contributed by atoms with van der Waals surface area (Å²) in [7, 11) is 2.99. The first-order valence-corrected chi connectivity index (χ1v) is 9.83. The average Bonchev–Trinajstić information content (AvgIpc) is 2.79. The molecule has 8 nitrogen and oxygen atoms in total. The van der Waals surface area contributed by atoms with Gasteiger partial charge in [0, 0.05) is 43.9 Å². The predicted molar refractivity (Wildman–Crippen MR) is 114 cm³/mol. The van der Waals surface area contributed by atoms with Crippen LogP contribution >= 0.6 is 0 Å². The average molecular weight is 413 g/mol. The largest absolute Gasteiger partial charge is 0.497 e. The van der Waals surface area contributed by atoms with Crippen molar-refractivity contribution in [3.63, 3.8) is 0 Å². The number of methoxy groups -OCH3 is 2. The van der Waals surface area contributed by atoms with Gasteiger partial charge >= 0.3 is 0 Å². The molecule has 0 saturated carbocycles. The fourth-order valence-corrected chi connectivity index (χ4v) is 3.23. The van der Waals surface area contributed by atoms with Gasteiger partial charge in [0.25, 0.3) is 11.8 Å². The molecule has 2 aromatic carbocycles. The minimum atomic E-state index is -0.328. The molecule has 30 heavy (non-hydrogen) atoms. The van der Waals surface area contributed by atoms with Crippen LogP contribution < -0.4 is 20.1 Å².